The molecule has 0 amide bonds. The number of sulfonamides is 1. The summed E-state index contributed by atoms with van der Waals surface area (Å²) in [5.41, 5.74) is 2.19. The van der Waals surface area contributed by atoms with Crippen molar-refractivity contribution in [3.63, 3.8) is 0 Å². The van der Waals surface area contributed by atoms with Crippen LogP contribution in [0.15, 0.2) is 40.0 Å². The lowest BCUT2D eigenvalue weighted by Crippen LogP contribution is -2.14. The Bertz CT molecular complexity index is 776. The molecular formula is C14H15BrN2O3S. The molecule has 0 bridgehead atoms. The first-order chi connectivity index (χ1) is 9.77. The van der Waals surface area contributed by atoms with Crippen LogP contribution in [0.3, 0.4) is 0 Å². The Hall–Kier alpha value is -1.44. The summed E-state index contributed by atoms with van der Waals surface area (Å²) in [7, 11) is -3.72. The maximum absolute atomic E-state index is 11.5. The fourth-order valence-corrected chi connectivity index (χ4v) is 3.18. The lowest BCUT2D eigenvalue weighted by molar-refractivity contribution is 0.303. The van der Waals surface area contributed by atoms with Gasteiger partial charge in [-0.25, -0.2) is 13.6 Å². The topological polar surface area (TPSA) is 82.3 Å². The molecule has 1 aromatic heterocycles. The quantitative estimate of drug-likeness (QED) is 0.896. The molecule has 1 aromatic carbocycles. The maximum atomic E-state index is 11.5. The Morgan fingerprint density at radius 2 is 1.90 bits per heavy atom. The SMILES string of the molecule is Cc1cc(S(N)(=O)=O)c(C)cc1OCc1cncc(Br)c1. The summed E-state index contributed by atoms with van der Waals surface area (Å²) in [5, 5.41) is 5.18. The van der Waals surface area contributed by atoms with E-state index in [0.717, 1.165) is 10.0 Å². The first kappa shape index (κ1) is 15.9. The number of aromatic nitrogens is 1. The summed E-state index contributed by atoms with van der Waals surface area (Å²) in [5.74, 6) is 0.625. The van der Waals surface area contributed by atoms with Crippen molar-refractivity contribution < 1.29 is 13.2 Å². The van der Waals surface area contributed by atoms with E-state index in [-0.39, 0.29) is 4.90 Å². The van der Waals surface area contributed by atoms with Gasteiger partial charge < -0.3 is 4.74 Å². The predicted octanol–water partition coefficient (Wildman–Crippen LogP) is 2.69. The fraction of sp³-hybridized carbons (Fsp3) is 0.214. The second kappa shape index (κ2) is 6.13. The standard InChI is InChI=1S/C14H15BrN2O3S/c1-9-4-14(21(16,18)19)10(2)3-13(9)20-8-11-5-12(15)7-17-6-11/h3-7H,8H2,1-2H3,(H2,16,18,19). The highest BCUT2D eigenvalue weighted by Crippen LogP contribution is 2.26. The highest BCUT2D eigenvalue weighted by Gasteiger charge is 2.14. The molecule has 0 fully saturated rings. The Balaban J connectivity index is 2.24. The Kier molecular flexibility index (Phi) is 4.65. The van der Waals surface area contributed by atoms with Crippen molar-refractivity contribution in [3.05, 3.63) is 51.8 Å². The van der Waals surface area contributed by atoms with Crippen molar-refractivity contribution >= 4 is 26.0 Å². The van der Waals surface area contributed by atoms with Gasteiger partial charge in [0.25, 0.3) is 0 Å². The number of halogens is 1. The molecule has 5 nitrogen and oxygen atoms in total. The molecule has 0 radical (unpaired) electrons. The van der Waals surface area contributed by atoms with Gasteiger partial charge in [-0.3, -0.25) is 4.98 Å². The van der Waals surface area contributed by atoms with Crippen molar-refractivity contribution in [2.45, 2.75) is 25.3 Å². The minimum atomic E-state index is -3.72. The van der Waals surface area contributed by atoms with Crippen LogP contribution in [0.4, 0.5) is 0 Å². The van der Waals surface area contributed by atoms with Crippen LogP contribution in [0.25, 0.3) is 0 Å². The molecule has 1 heterocycles. The van der Waals surface area contributed by atoms with E-state index in [0.29, 0.717) is 23.5 Å². The molecule has 0 aliphatic rings. The second-order valence-electron chi connectivity index (χ2n) is 4.73. The van der Waals surface area contributed by atoms with Gasteiger partial charge in [-0.1, -0.05) is 0 Å². The van der Waals surface area contributed by atoms with Crippen LogP contribution < -0.4 is 9.88 Å². The highest BCUT2D eigenvalue weighted by atomic mass is 79.9. The first-order valence-corrected chi connectivity index (χ1v) is 8.47. The molecular weight excluding hydrogens is 356 g/mol. The molecule has 0 atom stereocenters. The molecule has 2 N–H and O–H groups in total. The molecule has 2 rings (SSSR count). The molecule has 21 heavy (non-hydrogen) atoms. The normalized spacial score (nSPS) is 11.4. The third-order valence-electron chi connectivity index (χ3n) is 2.93. The number of ether oxygens (including phenoxy) is 1. The van der Waals surface area contributed by atoms with Gasteiger partial charge in [0.05, 0.1) is 4.90 Å². The number of nitrogens with zero attached hydrogens (tertiary/aromatic N) is 1. The molecule has 0 aliphatic heterocycles. The minimum Gasteiger partial charge on any atom is -0.489 e. The van der Waals surface area contributed by atoms with Crippen molar-refractivity contribution in [2.24, 2.45) is 5.14 Å². The van der Waals surface area contributed by atoms with Gasteiger partial charge in [0.2, 0.25) is 10.0 Å². The van der Waals surface area contributed by atoms with Crippen molar-refractivity contribution in [3.8, 4) is 5.75 Å². The average Bonchev–Trinajstić information content (AvgIpc) is 2.38. The molecule has 0 saturated carbocycles. The zero-order valence-electron chi connectivity index (χ0n) is 11.6. The number of hydrogen-bond acceptors (Lipinski definition) is 4. The smallest absolute Gasteiger partial charge is 0.238 e. The zero-order valence-corrected chi connectivity index (χ0v) is 14.0. The third kappa shape index (κ3) is 4.03. The summed E-state index contributed by atoms with van der Waals surface area (Å²) in [6.07, 6.45) is 3.41. The molecule has 2 aromatic rings. The van der Waals surface area contributed by atoms with Crippen LogP contribution in [0, 0.1) is 13.8 Å². The number of aryl methyl sites for hydroxylation is 2. The summed E-state index contributed by atoms with van der Waals surface area (Å²) in [6.45, 7) is 3.82. The van der Waals surface area contributed by atoms with Gasteiger partial charge in [-0.15, -0.1) is 0 Å². The highest BCUT2D eigenvalue weighted by molar-refractivity contribution is 9.10. The molecule has 0 saturated heterocycles. The summed E-state index contributed by atoms with van der Waals surface area (Å²) < 4.78 is 29.5. The second-order valence-corrected chi connectivity index (χ2v) is 7.17. The molecule has 112 valence electrons. The Morgan fingerprint density at radius 1 is 1.19 bits per heavy atom. The summed E-state index contributed by atoms with van der Waals surface area (Å²) in [4.78, 5) is 4.18. The molecule has 0 spiro atoms. The Labute approximate surface area is 132 Å². The number of rotatable bonds is 4. The van der Waals surface area contributed by atoms with Gasteiger partial charge in [0.1, 0.15) is 12.4 Å². The lowest BCUT2D eigenvalue weighted by atomic mass is 10.1. The lowest BCUT2D eigenvalue weighted by Gasteiger charge is -2.12. The largest absolute Gasteiger partial charge is 0.489 e. The van der Waals surface area contributed by atoms with E-state index in [1.54, 1.807) is 32.3 Å². The van der Waals surface area contributed by atoms with Crippen LogP contribution in [0.5, 0.6) is 5.75 Å². The number of pyridine rings is 1. The average molecular weight is 371 g/mol. The number of primary sulfonamides is 1. The first-order valence-electron chi connectivity index (χ1n) is 6.13. The molecule has 0 aliphatic carbocycles. The van der Waals surface area contributed by atoms with Crippen molar-refractivity contribution in [1.82, 2.24) is 4.98 Å². The number of benzene rings is 1. The number of nitrogens with two attached hydrogens (primary N) is 1. The zero-order chi connectivity index (χ0) is 15.6. The maximum Gasteiger partial charge on any atom is 0.238 e. The van der Waals surface area contributed by atoms with Crippen LogP contribution in [-0.2, 0) is 16.6 Å². The third-order valence-corrected chi connectivity index (χ3v) is 4.42. The summed E-state index contributed by atoms with van der Waals surface area (Å²) in [6, 6.07) is 5.12. The van der Waals surface area contributed by atoms with E-state index in [4.69, 9.17) is 9.88 Å². The van der Waals surface area contributed by atoms with E-state index >= 15 is 0 Å². The van der Waals surface area contributed by atoms with Gasteiger partial charge in [0.15, 0.2) is 0 Å². The monoisotopic (exact) mass is 370 g/mol. The van der Waals surface area contributed by atoms with Gasteiger partial charge in [0, 0.05) is 22.4 Å². The van der Waals surface area contributed by atoms with Gasteiger partial charge >= 0.3 is 0 Å². The van der Waals surface area contributed by atoms with Crippen molar-refractivity contribution in [1.29, 1.82) is 0 Å². The minimum absolute atomic E-state index is 0.122. The summed E-state index contributed by atoms with van der Waals surface area (Å²) >= 11 is 3.35. The van der Waals surface area contributed by atoms with E-state index in [1.807, 2.05) is 6.07 Å². The van der Waals surface area contributed by atoms with Crippen LogP contribution >= 0.6 is 15.9 Å². The van der Waals surface area contributed by atoms with Crippen molar-refractivity contribution in [2.75, 3.05) is 0 Å². The van der Waals surface area contributed by atoms with E-state index in [1.165, 1.54) is 6.07 Å². The van der Waals surface area contributed by atoms with E-state index < -0.39 is 10.0 Å². The van der Waals surface area contributed by atoms with Crippen LogP contribution in [0.1, 0.15) is 16.7 Å². The predicted molar refractivity (Wildman–Crippen MR) is 83.6 cm³/mol. The van der Waals surface area contributed by atoms with E-state index in [9.17, 15) is 8.42 Å². The van der Waals surface area contributed by atoms with Gasteiger partial charge in [-0.05, 0) is 59.1 Å². The molecule has 7 heteroatoms. The van der Waals surface area contributed by atoms with E-state index in [2.05, 4.69) is 20.9 Å². The number of hydrogen-bond donors (Lipinski definition) is 1. The fourth-order valence-electron chi connectivity index (χ4n) is 1.92. The molecule has 0 unspecified atom stereocenters. The van der Waals surface area contributed by atoms with Crippen LogP contribution in [0.2, 0.25) is 0 Å². The Morgan fingerprint density at radius 3 is 2.52 bits per heavy atom. The van der Waals surface area contributed by atoms with Crippen LogP contribution in [-0.4, -0.2) is 13.4 Å². The van der Waals surface area contributed by atoms with Gasteiger partial charge in [-0.2, -0.15) is 0 Å².